The van der Waals surface area contributed by atoms with E-state index in [1.54, 1.807) is 7.11 Å². The summed E-state index contributed by atoms with van der Waals surface area (Å²) in [5, 5.41) is 2.89. The van der Waals surface area contributed by atoms with Crippen molar-refractivity contribution in [3.63, 3.8) is 0 Å². The van der Waals surface area contributed by atoms with Gasteiger partial charge in [-0.05, 0) is 41.6 Å². The van der Waals surface area contributed by atoms with Gasteiger partial charge in [-0.2, -0.15) is 0 Å². The highest BCUT2D eigenvalue weighted by atomic mass is 127. The number of hydrogen-bond acceptors (Lipinski definition) is 5. The van der Waals surface area contributed by atoms with Crippen molar-refractivity contribution >= 4 is 45.3 Å². The molecule has 3 N–H and O–H groups in total. The molecule has 0 aliphatic heterocycles. The summed E-state index contributed by atoms with van der Waals surface area (Å²) >= 11 is 2.00. The fourth-order valence-corrected chi connectivity index (χ4v) is 3.32. The number of amides is 1. The topological polar surface area (TPSA) is 98.9 Å². The number of nitrogen functional groups attached to an aromatic ring is 1. The van der Waals surface area contributed by atoms with Crippen molar-refractivity contribution in [3.05, 3.63) is 39.6 Å². The zero-order valence-electron chi connectivity index (χ0n) is 15.2. The predicted octanol–water partition coefficient (Wildman–Crippen LogP) is -1.59. The number of ether oxygens (including phenoxy) is 1. The molecule has 0 saturated heterocycles. The molecule has 27 heavy (non-hydrogen) atoms. The van der Waals surface area contributed by atoms with E-state index in [1.807, 2.05) is 47.8 Å². The van der Waals surface area contributed by atoms with Gasteiger partial charge in [0.05, 0.1) is 26.9 Å². The number of nitrogens with zero attached hydrogens (tertiary/aromatic N) is 4. The van der Waals surface area contributed by atoms with E-state index in [2.05, 4.69) is 31.3 Å². The van der Waals surface area contributed by atoms with Crippen molar-refractivity contribution in [1.82, 2.24) is 19.9 Å². The molecule has 0 radical (unpaired) electrons. The lowest BCUT2D eigenvalue weighted by Crippen LogP contribution is -3.00. The summed E-state index contributed by atoms with van der Waals surface area (Å²) in [7, 11) is 3.62. The largest absolute Gasteiger partial charge is 1.00 e. The first-order chi connectivity index (χ1) is 12.5. The Morgan fingerprint density at radius 3 is 2.85 bits per heavy atom. The number of carbonyl (C=O) groups is 1. The molecule has 0 saturated carbocycles. The summed E-state index contributed by atoms with van der Waals surface area (Å²) in [6.07, 6.45) is 1.52. The Morgan fingerprint density at radius 2 is 2.19 bits per heavy atom. The van der Waals surface area contributed by atoms with E-state index in [1.165, 1.54) is 6.20 Å². The van der Waals surface area contributed by atoms with Crippen LogP contribution in [0, 0.1) is 3.70 Å². The smallest absolute Gasteiger partial charge is 0.276 e. The van der Waals surface area contributed by atoms with Crippen LogP contribution in [0.1, 0.15) is 23.2 Å². The van der Waals surface area contributed by atoms with Crippen LogP contribution in [0.3, 0.4) is 0 Å². The maximum Gasteiger partial charge on any atom is 0.276 e. The molecular formula is C17H20I2N6O2. The fourth-order valence-electron chi connectivity index (χ4n) is 2.94. The summed E-state index contributed by atoms with van der Waals surface area (Å²) in [6, 6.07) is 5.93. The Labute approximate surface area is 187 Å². The molecule has 8 nitrogen and oxygen atoms in total. The lowest BCUT2D eigenvalue weighted by atomic mass is 10.3. The van der Waals surface area contributed by atoms with Crippen LogP contribution in [0.25, 0.3) is 11.0 Å². The van der Waals surface area contributed by atoms with Gasteiger partial charge in [0.15, 0.2) is 22.5 Å². The molecule has 2 aromatic heterocycles. The molecule has 0 spiro atoms. The van der Waals surface area contributed by atoms with E-state index in [-0.39, 0.29) is 41.4 Å². The minimum absolute atomic E-state index is 0. The second-order valence-corrected chi connectivity index (χ2v) is 6.79. The van der Waals surface area contributed by atoms with Gasteiger partial charge < -0.3 is 39.8 Å². The summed E-state index contributed by atoms with van der Waals surface area (Å²) in [5.74, 6) is 1.52. The number of aryl methyl sites for hydroxylation is 2. The molecule has 10 heteroatoms. The molecule has 144 valence electrons. The van der Waals surface area contributed by atoms with Gasteiger partial charge in [-0.3, -0.25) is 4.79 Å². The van der Waals surface area contributed by atoms with Gasteiger partial charge in [-0.25, -0.2) is 19.1 Å². The highest BCUT2D eigenvalue weighted by molar-refractivity contribution is 14.1. The predicted molar refractivity (Wildman–Crippen MR) is 106 cm³/mol. The number of fused-ring (bicyclic) bond motifs is 1. The van der Waals surface area contributed by atoms with Crippen molar-refractivity contribution in [2.24, 2.45) is 7.05 Å². The Bertz CT molecular complexity index is 989. The van der Waals surface area contributed by atoms with Crippen LogP contribution in [0.2, 0.25) is 0 Å². The first-order valence-corrected chi connectivity index (χ1v) is 9.15. The van der Waals surface area contributed by atoms with E-state index in [9.17, 15) is 4.79 Å². The average molecular weight is 594 g/mol. The minimum Gasteiger partial charge on any atom is -1.00 e. The number of anilines is 1. The summed E-state index contributed by atoms with van der Waals surface area (Å²) in [4.78, 5) is 20.6. The van der Waals surface area contributed by atoms with E-state index in [4.69, 9.17) is 10.5 Å². The standard InChI is InChI=1S/C17H19IN6O2.HI/c1-4-24-12-7-10(26-3)5-6-11(12)23(2)14(24)9-21-17(25)15-16(19)20-8-13(18)22-15;/h5-8H,4,9H2,1-3H3,(H2-,19,20,21,25);1H. The van der Waals surface area contributed by atoms with Gasteiger partial charge >= 0.3 is 0 Å². The van der Waals surface area contributed by atoms with Crippen LogP contribution in [0.5, 0.6) is 5.75 Å². The number of carbonyl (C=O) groups excluding carboxylic acids is 1. The number of hydrogen-bond donors (Lipinski definition) is 2. The zero-order valence-corrected chi connectivity index (χ0v) is 19.5. The Morgan fingerprint density at radius 1 is 1.44 bits per heavy atom. The van der Waals surface area contributed by atoms with Gasteiger partial charge in [0.1, 0.15) is 16.0 Å². The first kappa shape index (κ1) is 21.6. The third kappa shape index (κ3) is 4.25. The van der Waals surface area contributed by atoms with Crippen LogP contribution in [0.15, 0.2) is 24.4 Å². The highest BCUT2D eigenvalue weighted by Crippen LogP contribution is 2.21. The summed E-state index contributed by atoms with van der Waals surface area (Å²) < 4.78 is 10.1. The van der Waals surface area contributed by atoms with Crippen molar-refractivity contribution in [3.8, 4) is 5.75 Å². The Balaban J connectivity index is 0.00000261. The number of imidazole rings is 1. The first-order valence-electron chi connectivity index (χ1n) is 8.07. The van der Waals surface area contributed by atoms with E-state index >= 15 is 0 Å². The monoisotopic (exact) mass is 594 g/mol. The molecule has 2 heterocycles. The van der Waals surface area contributed by atoms with Crippen LogP contribution in [-0.2, 0) is 20.1 Å². The summed E-state index contributed by atoms with van der Waals surface area (Å²) in [6.45, 7) is 3.17. The lowest BCUT2D eigenvalue weighted by Gasteiger charge is -2.06. The number of methoxy groups -OCH3 is 1. The number of aromatic nitrogens is 4. The Hall–Kier alpha value is -1.70. The van der Waals surface area contributed by atoms with Crippen molar-refractivity contribution in [1.29, 1.82) is 0 Å². The number of halogens is 2. The Kier molecular flexibility index (Phi) is 7.19. The average Bonchev–Trinajstić information content (AvgIpc) is 2.92. The number of nitrogens with two attached hydrogens (primary N) is 1. The van der Waals surface area contributed by atoms with Crippen molar-refractivity contribution in [2.75, 3.05) is 12.8 Å². The van der Waals surface area contributed by atoms with E-state index in [0.29, 0.717) is 10.2 Å². The molecule has 3 aromatic rings. The SMILES string of the molecule is CCn1c(CNC(=O)c2nc(I)cnc2N)[n+](C)c2ccc(OC)cc21.[I-]. The van der Waals surface area contributed by atoms with Gasteiger partial charge in [0.2, 0.25) is 0 Å². The molecule has 0 bridgehead atoms. The summed E-state index contributed by atoms with van der Waals surface area (Å²) in [5.41, 5.74) is 8.02. The van der Waals surface area contributed by atoms with Crippen molar-refractivity contribution < 1.29 is 38.1 Å². The van der Waals surface area contributed by atoms with Gasteiger partial charge in [-0.1, -0.05) is 0 Å². The van der Waals surface area contributed by atoms with Gasteiger partial charge in [0.25, 0.3) is 11.7 Å². The van der Waals surface area contributed by atoms with Crippen LogP contribution in [0.4, 0.5) is 5.82 Å². The molecule has 3 rings (SSSR count). The van der Waals surface area contributed by atoms with Gasteiger partial charge in [-0.15, -0.1) is 0 Å². The highest BCUT2D eigenvalue weighted by Gasteiger charge is 2.23. The minimum atomic E-state index is -0.348. The third-order valence-corrected chi connectivity index (χ3v) is 4.76. The molecule has 0 fully saturated rings. The maximum atomic E-state index is 12.5. The molecule has 0 aliphatic carbocycles. The normalized spacial score (nSPS) is 10.5. The second kappa shape index (κ2) is 8.99. The molecule has 0 atom stereocenters. The molecule has 1 amide bonds. The van der Waals surface area contributed by atoms with Gasteiger partial charge in [0, 0.05) is 6.07 Å². The molecular weight excluding hydrogens is 574 g/mol. The number of benzene rings is 1. The number of rotatable bonds is 5. The zero-order chi connectivity index (χ0) is 18.8. The molecule has 0 unspecified atom stereocenters. The van der Waals surface area contributed by atoms with E-state index < -0.39 is 0 Å². The second-order valence-electron chi connectivity index (χ2n) is 5.68. The van der Waals surface area contributed by atoms with E-state index in [0.717, 1.165) is 29.2 Å². The van der Waals surface area contributed by atoms with Crippen molar-refractivity contribution in [2.45, 2.75) is 20.0 Å². The third-order valence-electron chi connectivity index (χ3n) is 4.24. The van der Waals surface area contributed by atoms with Crippen LogP contribution >= 0.6 is 22.6 Å². The number of nitrogens with one attached hydrogen (secondary N) is 1. The van der Waals surface area contributed by atoms with Crippen LogP contribution in [-0.4, -0.2) is 27.6 Å². The quantitative estimate of drug-likeness (QED) is 0.274. The molecule has 1 aromatic carbocycles. The maximum absolute atomic E-state index is 12.5. The lowest BCUT2D eigenvalue weighted by molar-refractivity contribution is -0.654. The van der Waals surface area contributed by atoms with Crippen LogP contribution < -0.4 is 44.3 Å². The molecule has 0 aliphatic rings. The fraction of sp³-hybridized carbons (Fsp3) is 0.294.